The smallest absolute Gasteiger partial charge is 0.0512 e. The van der Waals surface area contributed by atoms with Crippen molar-refractivity contribution in [1.82, 2.24) is 0 Å². The molecular weight excluding hydrogens is 268 g/mol. The fourth-order valence-corrected chi connectivity index (χ4v) is 2.85. The molecule has 1 aromatic rings. The number of nitrogens with two attached hydrogens (primary N) is 1. The lowest BCUT2D eigenvalue weighted by molar-refractivity contribution is 0.161. The molecule has 0 aromatic heterocycles. The zero-order valence-electron chi connectivity index (χ0n) is 9.45. The molecule has 1 atom stereocenters. The second-order valence-corrected chi connectivity index (χ2v) is 5.12. The van der Waals surface area contributed by atoms with Crippen LogP contribution in [0.3, 0.4) is 0 Å². The van der Waals surface area contributed by atoms with Crippen molar-refractivity contribution in [1.29, 1.82) is 0 Å². The van der Waals surface area contributed by atoms with Crippen molar-refractivity contribution in [3.05, 3.63) is 22.7 Å². The van der Waals surface area contributed by atoms with Gasteiger partial charge in [0.05, 0.1) is 12.3 Å². The first-order chi connectivity index (χ1) is 7.70. The summed E-state index contributed by atoms with van der Waals surface area (Å²) in [6.45, 7) is 3.01. The first-order valence-electron chi connectivity index (χ1n) is 5.49. The minimum absolute atomic E-state index is 0.648. The Morgan fingerprint density at radius 3 is 3.06 bits per heavy atom. The molecule has 0 spiro atoms. The third-order valence-corrected chi connectivity index (χ3v) is 3.64. The average Bonchev–Trinajstić information content (AvgIpc) is 2.67. The van der Waals surface area contributed by atoms with Gasteiger partial charge < -0.3 is 15.4 Å². The summed E-state index contributed by atoms with van der Waals surface area (Å²) in [5.74, 6) is 0.648. The van der Waals surface area contributed by atoms with E-state index in [1.54, 1.807) is 7.11 Å². The molecule has 0 radical (unpaired) electrons. The quantitative estimate of drug-likeness (QED) is 0.867. The molecule has 1 fully saturated rings. The van der Waals surface area contributed by atoms with Gasteiger partial charge >= 0.3 is 0 Å². The van der Waals surface area contributed by atoms with Gasteiger partial charge in [0, 0.05) is 36.3 Å². The molecule has 88 valence electrons. The SMILES string of the molecule is COCC1CCN(c2ccc(N)cc2Br)C1. The highest BCUT2D eigenvalue weighted by Crippen LogP contribution is 2.32. The molecule has 0 aliphatic carbocycles. The summed E-state index contributed by atoms with van der Waals surface area (Å²) in [6.07, 6.45) is 1.20. The predicted octanol–water partition coefficient (Wildman–Crippen LogP) is 2.50. The molecule has 1 aliphatic rings. The van der Waals surface area contributed by atoms with Crippen LogP contribution in [0.1, 0.15) is 6.42 Å². The number of benzene rings is 1. The van der Waals surface area contributed by atoms with Gasteiger partial charge in [-0.1, -0.05) is 0 Å². The maximum atomic E-state index is 5.73. The minimum atomic E-state index is 0.648. The zero-order valence-corrected chi connectivity index (χ0v) is 11.0. The number of methoxy groups -OCH3 is 1. The van der Waals surface area contributed by atoms with Crippen LogP contribution in [0.15, 0.2) is 22.7 Å². The van der Waals surface area contributed by atoms with Crippen LogP contribution < -0.4 is 10.6 Å². The highest BCUT2D eigenvalue weighted by atomic mass is 79.9. The van der Waals surface area contributed by atoms with E-state index in [-0.39, 0.29) is 0 Å². The first kappa shape index (κ1) is 11.7. The molecule has 1 unspecified atom stereocenters. The van der Waals surface area contributed by atoms with Gasteiger partial charge in [-0.25, -0.2) is 0 Å². The van der Waals surface area contributed by atoms with Crippen LogP contribution in [0.2, 0.25) is 0 Å². The molecule has 0 bridgehead atoms. The second-order valence-electron chi connectivity index (χ2n) is 4.27. The Balaban J connectivity index is 2.08. The summed E-state index contributed by atoms with van der Waals surface area (Å²) in [6, 6.07) is 5.98. The lowest BCUT2D eigenvalue weighted by Crippen LogP contribution is -2.21. The number of ether oxygens (including phenoxy) is 1. The highest BCUT2D eigenvalue weighted by molar-refractivity contribution is 9.10. The van der Waals surface area contributed by atoms with Gasteiger partial charge in [-0.3, -0.25) is 0 Å². The normalized spacial score (nSPS) is 20.4. The van der Waals surface area contributed by atoms with E-state index < -0.39 is 0 Å². The van der Waals surface area contributed by atoms with E-state index in [0.717, 1.165) is 29.9 Å². The van der Waals surface area contributed by atoms with Crippen molar-refractivity contribution < 1.29 is 4.74 Å². The molecular formula is C12H17BrN2O. The van der Waals surface area contributed by atoms with Gasteiger partial charge in [-0.05, 0) is 40.5 Å². The molecule has 1 saturated heterocycles. The summed E-state index contributed by atoms with van der Waals surface area (Å²) >= 11 is 3.56. The number of nitrogen functional groups attached to an aromatic ring is 1. The monoisotopic (exact) mass is 284 g/mol. The van der Waals surface area contributed by atoms with Crippen LogP contribution in [0, 0.1) is 5.92 Å². The van der Waals surface area contributed by atoms with Gasteiger partial charge in [0.25, 0.3) is 0 Å². The van der Waals surface area contributed by atoms with Gasteiger partial charge in [-0.15, -0.1) is 0 Å². The van der Waals surface area contributed by atoms with Crippen LogP contribution >= 0.6 is 15.9 Å². The van der Waals surface area contributed by atoms with Crippen molar-refractivity contribution in [3.8, 4) is 0 Å². The maximum absolute atomic E-state index is 5.73. The molecule has 1 aromatic carbocycles. The summed E-state index contributed by atoms with van der Waals surface area (Å²) in [5, 5.41) is 0. The van der Waals surface area contributed by atoms with Crippen molar-refractivity contribution in [3.63, 3.8) is 0 Å². The van der Waals surface area contributed by atoms with E-state index >= 15 is 0 Å². The largest absolute Gasteiger partial charge is 0.399 e. The van der Waals surface area contributed by atoms with Crippen LogP contribution in [-0.2, 0) is 4.74 Å². The van der Waals surface area contributed by atoms with Crippen LogP contribution in [0.4, 0.5) is 11.4 Å². The second kappa shape index (κ2) is 5.06. The third kappa shape index (κ3) is 2.50. The Kier molecular flexibility index (Phi) is 3.71. The number of nitrogens with zero attached hydrogens (tertiary/aromatic N) is 1. The van der Waals surface area contributed by atoms with E-state index in [1.165, 1.54) is 12.1 Å². The van der Waals surface area contributed by atoms with Gasteiger partial charge in [0.2, 0.25) is 0 Å². The molecule has 3 nitrogen and oxygen atoms in total. The van der Waals surface area contributed by atoms with E-state index in [2.05, 4.69) is 26.9 Å². The standard InChI is InChI=1S/C12H17BrN2O/c1-16-8-9-4-5-15(7-9)12-3-2-10(14)6-11(12)13/h2-3,6,9H,4-5,7-8,14H2,1H3. The lowest BCUT2D eigenvalue weighted by Gasteiger charge is -2.20. The van der Waals surface area contributed by atoms with Crippen molar-refractivity contribution in [2.75, 3.05) is 37.4 Å². The first-order valence-corrected chi connectivity index (χ1v) is 6.29. The number of rotatable bonds is 3. The molecule has 16 heavy (non-hydrogen) atoms. The molecule has 4 heteroatoms. The van der Waals surface area contributed by atoms with Crippen LogP contribution in [0.5, 0.6) is 0 Å². The topological polar surface area (TPSA) is 38.5 Å². The summed E-state index contributed by atoms with van der Waals surface area (Å²) in [4.78, 5) is 2.38. The maximum Gasteiger partial charge on any atom is 0.0512 e. The fraction of sp³-hybridized carbons (Fsp3) is 0.500. The van der Waals surface area contributed by atoms with E-state index in [1.807, 2.05) is 12.1 Å². The number of hydrogen-bond acceptors (Lipinski definition) is 3. The highest BCUT2D eigenvalue weighted by Gasteiger charge is 2.23. The number of halogens is 1. The Morgan fingerprint density at radius 1 is 1.56 bits per heavy atom. The Hall–Kier alpha value is -0.740. The number of anilines is 2. The van der Waals surface area contributed by atoms with Crippen molar-refractivity contribution in [2.45, 2.75) is 6.42 Å². The van der Waals surface area contributed by atoms with Crippen LogP contribution in [0.25, 0.3) is 0 Å². The summed E-state index contributed by atoms with van der Waals surface area (Å²) < 4.78 is 6.28. The van der Waals surface area contributed by atoms with Gasteiger partial charge in [0.15, 0.2) is 0 Å². The van der Waals surface area contributed by atoms with E-state index in [0.29, 0.717) is 5.92 Å². The predicted molar refractivity (Wildman–Crippen MR) is 70.8 cm³/mol. The van der Waals surface area contributed by atoms with Crippen molar-refractivity contribution in [2.24, 2.45) is 5.92 Å². The number of hydrogen-bond donors (Lipinski definition) is 1. The summed E-state index contributed by atoms with van der Waals surface area (Å²) in [5.41, 5.74) is 7.76. The summed E-state index contributed by atoms with van der Waals surface area (Å²) in [7, 11) is 1.77. The third-order valence-electron chi connectivity index (χ3n) is 3.00. The molecule has 2 rings (SSSR count). The molecule has 2 N–H and O–H groups in total. The Morgan fingerprint density at radius 2 is 2.38 bits per heavy atom. The van der Waals surface area contributed by atoms with Gasteiger partial charge in [-0.2, -0.15) is 0 Å². The molecule has 0 amide bonds. The Labute approximate surface area is 105 Å². The molecule has 0 saturated carbocycles. The van der Waals surface area contributed by atoms with Crippen molar-refractivity contribution >= 4 is 27.3 Å². The molecule has 1 heterocycles. The molecule has 1 aliphatic heterocycles. The van der Waals surface area contributed by atoms with Gasteiger partial charge in [0.1, 0.15) is 0 Å². The zero-order chi connectivity index (χ0) is 11.5. The fourth-order valence-electron chi connectivity index (χ4n) is 2.20. The van der Waals surface area contributed by atoms with E-state index in [4.69, 9.17) is 10.5 Å². The van der Waals surface area contributed by atoms with E-state index in [9.17, 15) is 0 Å². The minimum Gasteiger partial charge on any atom is -0.399 e. The Bertz CT molecular complexity index is 370. The average molecular weight is 285 g/mol. The lowest BCUT2D eigenvalue weighted by atomic mass is 10.1. The van der Waals surface area contributed by atoms with Crippen LogP contribution in [-0.4, -0.2) is 26.8 Å².